The van der Waals surface area contributed by atoms with Crippen molar-refractivity contribution in [3.63, 3.8) is 0 Å². The van der Waals surface area contributed by atoms with Crippen LogP contribution in [-0.2, 0) is 0 Å². The van der Waals surface area contributed by atoms with E-state index < -0.39 is 0 Å². The number of hydrogen-bond donors (Lipinski definition) is 1. The lowest BCUT2D eigenvalue weighted by atomic mass is 10.5. The molecule has 0 atom stereocenters. The van der Waals surface area contributed by atoms with Crippen molar-refractivity contribution >= 4 is 33.2 Å². The predicted molar refractivity (Wildman–Crippen MR) is 41.2 cm³/mol. The summed E-state index contributed by atoms with van der Waals surface area (Å²) < 4.78 is 2.07. The van der Waals surface area contributed by atoms with Gasteiger partial charge in [0.15, 0.2) is 0 Å². The molecule has 0 amide bonds. The standard InChI is InChI=1S/C6H4ClNS/c7-6-3-4-5(9-6)1-2-8-4/h1-3,8H. The molecule has 1 N–H and O–H groups in total. The molecule has 1 nitrogen and oxygen atoms in total. The normalized spacial score (nSPS) is 10.8. The SMILES string of the molecule is Clc1cc2[nH]ccc2s1. The molecular formula is C6H4ClNS. The molecule has 2 aromatic rings. The number of thiophene rings is 1. The van der Waals surface area contributed by atoms with Gasteiger partial charge in [-0.05, 0) is 12.1 Å². The van der Waals surface area contributed by atoms with Gasteiger partial charge in [-0.3, -0.25) is 0 Å². The maximum absolute atomic E-state index is 5.72. The number of aromatic amines is 1. The second-order valence-electron chi connectivity index (χ2n) is 1.81. The van der Waals surface area contributed by atoms with Crippen LogP contribution in [0.1, 0.15) is 0 Å². The zero-order valence-electron chi connectivity index (χ0n) is 4.52. The van der Waals surface area contributed by atoms with E-state index in [2.05, 4.69) is 4.98 Å². The van der Waals surface area contributed by atoms with Gasteiger partial charge < -0.3 is 4.98 Å². The average molecular weight is 158 g/mol. The zero-order valence-corrected chi connectivity index (χ0v) is 6.09. The lowest BCUT2D eigenvalue weighted by molar-refractivity contribution is 1.48. The molecule has 0 aromatic carbocycles. The van der Waals surface area contributed by atoms with Gasteiger partial charge in [-0.1, -0.05) is 11.6 Å². The van der Waals surface area contributed by atoms with Crippen molar-refractivity contribution in [1.29, 1.82) is 0 Å². The van der Waals surface area contributed by atoms with Crippen LogP contribution < -0.4 is 0 Å². The van der Waals surface area contributed by atoms with Crippen molar-refractivity contribution in [2.75, 3.05) is 0 Å². The van der Waals surface area contributed by atoms with Crippen molar-refractivity contribution in [1.82, 2.24) is 4.98 Å². The smallest absolute Gasteiger partial charge is 0.0956 e. The van der Waals surface area contributed by atoms with E-state index in [1.165, 1.54) is 4.70 Å². The molecule has 0 spiro atoms. The molecule has 0 radical (unpaired) electrons. The van der Waals surface area contributed by atoms with Crippen LogP contribution in [0.15, 0.2) is 18.3 Å². The topological polar surface area (TPSA) is 15.8 Å². The summed E-state index contributed by atoms with van der Waals surface area (Å²) in [6.07, 6.45) is 1.91. The highest BCUT2D eigenvalue weighted by Crippen LogP contribution is 2.27. The molecule has 0 aliphatic rings. The molecule has 3 heteroatoms. The minimum Gasteiger partial charge on any atom is -0.360 e. The van der Waals surface area contributed by atoms with Gasteiger partial charge in [0.25, 0.3) is 0 Å². The van der Waals surface area contributed by atoms with Gasteiger partial charge in [0.1, 0.15) is 0 Å². The molecule has 0 bridgehead atoms. The number of halogens is 1. The first-order valence-electron chi connectivity index (χ1n) is 2.59. The molecular weight excluding hydrogens is 154 g/mol. The van der Waals surface area contributed by atoms with Gasteiger partial charge in [0.2, 0.25) is 0 Å². The fourth-order valence-corrected chi connectivity index (χ4v) is 1.93. The minimum atomic E-state index is 0.844. The highest BCUT2D eigenvalue weighted by atomic mass is 35.5. The van der Waals surface area contributed by atoms with Gasteiger partial charge in [0, 0.05) is 6.20 Å². The average Bonchev–Trinajstić information content (AvgIpc) is 2.22. The molecule has 0 aliphatic carbocycles. The number of rotatable bonds is 0. The summed E-state index contributed by atoms with van der Waals surface area (Å²) in [6, 6.07) is 3.95. The monoisotopic (exact) mass is 157 g/mol. The molecule has 2 rings (SSSR count). The Hall–Kier alpha value is -0.470. The van der Waals surface area contributed by atoms with E-state index in [-0.39, 0.29) is 0 Å². The van der Waals surface area contributed by atoms with Crippen molar-refractivity contribution in [2.45, 2.75) is 0 Å². The van der Waals surface area contributed by atoms with Crippen LogP contribution in [0.4, 0.5) is 0 Å². The fraction of sp³-hybridized carbons (Fsp3) is 0. The van der Waals surface area contributed by atoms with Gasteiger partial charge in [-0.2, -0.15) is 0 Å². The third kappa shape index (κ3) is 0.749. The first-order valence-corrected chi connectivity index (χ1v) is 3.78. The Morgan fingerprint density at radius 1 is 1.56 bits per heavy atom. The van der Waals surface area contributed by atoms with E-state index >= 15 is 0 Å². The molecule has 0 fully saturated rings. The summed E-state index contributed by atoms with van der Waals surface area (Å²) in [5.41, 5.74) is 1.13. The summed E-state index contributed by atoms with van der Waals surface area (Å²) in [6.45, 7) is 0. The Labute approximate surface area is 61.3 Å². The summed E-state index contributed by atoms with van der Waals surface area (Å²) in [5.74, 6) is 0. The summed E-state index contributed by atoms with van der Waals surface area (Å²) in [5, 5.41) is 0. The number of aromatic nitrogens is 1. The van der Waals surface area contributed by atoms with E-state index in [9.17, 15) is 0 Å². The second kappa shape index (κ2) is 1.75. The minimum absolute atomic E-state index is 0.844. The quantitative estimate of drug-likeness (QED) is 0.606. The summed E-state index contributed by atoms with van der Waals surface area (Å²) >= 11 is 7.32. The van der Waals surface area contributed by atoms with E-state index in [0.29, 0.717) is 0 Å². The number of fused-ring (bicyclic) bond motifs is 1. The van der Waals surface area contributed by atoms with Crippen molar-refractivity contribution in [2.24, 2.45) is 0 Å². The third-order valence-electron chi connectivity index (χ3n) is 1.20. The Balaban J connectivity index is 2.92. The number of hydrogen-bond acceptors (Lipinski definition) is 1. The van der Waals surface area contributed by atoms with Crippen LogP contribution >= 0.6 is 22.9 Å². The number of nitrogens with one attached hydrogen (secondary N) is 1. The lowest BCUT2D eigenvalue weighted by Gasteiger charge is -1.68. The molecule has 0 unspecified atom stereocenters. The van der Waals surface area contributed by atoms with Crippen LogP contribution in [0.2, 0.25) is 4.34 Å². The zero-order chi connectivity index (χ0) is 6.27. The molecule has 9 heavy (non-hydrogen) atoms. The predicted octanol–water partition coefficient (Wildman–Crippen LogP) is 2.88. The van der Waals surface area contributed by atoms with Crippen LogP contribution in [0.25, 0.3) is 10.2 Å². The van der Waals surface area contributed by atoms with Gasteiger partial charge in [-0.25, -0.2) is 0 Å². The second-order valence-corrected chi connectivity index (χ2v) is 3.52. The Kier molecular flexibility index (Phi) is 1.04. The molecule has 2 heterocycles. The Morgan fingerprint density at radius 2 is 2.44 bits per heavy atom. The number of H-pyrrole nitrogens is 1. The molecule has 0 saturated heterocycles. The third-order valence-corrected chi connectivity index (χ3v) is 2.43. The van der Waals surface area contributed by atoms with E-state index in [4.69, 9.17) is 11.6 Å². The highest BCUT2D eigenvalue weighted by Gasteiger charge is 1.97. The van der Waals surface area contributed by atoms with Gasteiger partial charge in [0.05, 0.1) is 14.6 Å². The molecule has 0 saturated carbocycles. The Bertz CT molecular complexity index is 294. The summed E-state index contributed by atoms with van der Waals surface area (Å²) in [4.78, 5) is 3.07. The molecule has 46 valence electrons. The van der Waals surface area contributed by atoms with Gasteiger partial charge in [-0.15, -0.1) is 11.3 Å². The van der Waals surface area contributed by atoms with Crippen LogP contribution in [0.5, 0.6) is 0 Å². The van der Waals surface area contributed by atoms with Crippen molar-refractivity contribution in [3.05, 3.63) is 22.7 Å². The fourth-order valence-electron chi connectivity index (χ4n) is 0.818. The molecule has 0 aliphatic heterocycles. The van der Waals surface area contributed by atoms with Crippen LogP contribution in [0, 0.1) is 0 Å². The maximum atomic E-state index is 5.72. The summed E-state index contributed by atoms with van der Waals surface area (Å²) in [7, 11) is 0. The maximum Gasteiger partial charge on any atom is 0.0956 e. The Morgan fingerprint density at radius 3 is 3.22 bits per heavy atom. The van der Waals surface area contributed by atoms with E-state index in [0.717, 1.165) is 9.85 Å². The van der Waals surface area contributed by atoms with E-state index in [1.807, 2.05) is 18.3 Å². The largest absolute Gasteiger partial charge is 0.360 e. The van der Waals surface area contributed by atoms with Crippen LogP contribution in [-0.4, -0.2) is 4.98 Å². The first kappa shape index (κ1) is 5.33. The van der Waals surface area contributed by atoms with E-state index in [1.54, 1.807) is 11.3 Å². The first-order chi connectivity index (χ1) is 4.36. The lowest BCUT2D eigenvalue weighted by Crippen LogP contribution is -1.51. The van der Waals surface area contributed by atoms with Crippen LogP contribution in [0.3, 0.4) is 0 Å². The van der Waals surface area contributed by atoms with Crippen molar-refractivity contribution < 1.29 is 0 Å². The van der Waals surface area contributed by atoms with Gasteiger partial charge >= 0.3 is 0 Å². The molecule has 2 aromatic heterocycles. The van der Waals surface area contributed by atoms with Crippen molar-refractivity contribution in [3.8, 4) is 0 Å². The highest BCUT2D eigenvalue weighted by molar-refractivity contribution is 7.22.